The molecule has 2 aromatic carbocycles. The van der Waals surface area contributed by atoms with Gasteiger partial charge in [-0.3, -0.25) is 14.9 Å². The minimum atomic E-state index is -0.728. The summed E-state index contributed by atoms with van der Waals surface area (Å²) in [5.41, 5.74) is -0.214. The summed E-state index contributed by atoms with van der Waals surface area (Å²) in [6, 6.07) is 9.36. The summed E-state index contributed by atoms with van der Waals surface area (Å²) in [6.07, 6.45) is 0. The van der Waals surface area contributed by atoms with E-state index in [0.29, 0.717) is 10.1 Å². The van der Waals surface area contributed by atoms with E-state index in [2.05, 4.69) is 5.32 Å². The van der Waals surface area contributed by atoms with Crippen molar-refractivity contribution in [3.05, 3.63) is 68.3 Å². The molecule has 1 heterocycles. The fourth-order valence-corrected chi connectivity index (χ4v) is 3.37. The lowest BCUT2D eigenvalue weighted by molar-refractivity contribution is -0.384. The number of hydrogen-bond donors (Lipinski definition) is 1. The van der Waals surface area contributed by atoms with E-state index in [1.165, 1.54) is 30.3 Å². The van der Waals surface area contributed by atoms with Crippen LogP contribution in [-0.4, -0.2) is 23.4 Å². The lowest BCUT2D eigenvalue weighted by Crippen LogP contribution is -2.20. The minimum absolute atomic E-state index is 0.0642. The first-order chi connectivity index (χ1) is 12.8. The molecule has 0 radical (unpaired) electrons. The molecule has 0 bridgehead atoms. The molecule has 7 nitrogen and oxygen atoms in total. The number of nitrogens with zero attached hydrogens (tertiary/aromatic N) is 1. The minimum Gasteiger partial charge on any atom is -0.451 e. The summed E-state index contributed by atoms with van der Waals surface area (Å²) >= 11 is 6.81. The molecule has 0 fully saturated rings. The highest BCUT2D eigenvalue weighted by Gasteiger charge is 2.16. The number of amides is 1. The monoisotopic (exact) mass is 408 g/mol. The molecule has 0 unspecified atom stereocenters. The Morgan fingerprint density at radius 2 is 2.00 bits per heavy atom. The Kier molecular flexibility index (Phi) is 5.33. The average Bonchev–Trinajstić information content (AvgIpc) is 3.04. The molecular formula is C17H10ClFN2O5S. The highest BCUT2D eigenvalue weighted by Crippen LogP contribution is 2.28. The van der Waals surface area contributed by atoms with Crippen LogP contribution in [0.3, 0.4) is 0 Å². The lowest BCUT2D eigenvalue weighted by Gasteiger charge is -2.06. The number of benzene rings is 2. The molecule has 1 amide bonds. The summed E-state index contributed by atoms with van der Waals surface area (Å²) in [5.74, 6) is -1.82. The van der Waals surface area contributed by atoms with E-state index in [1.807, 2.05) is 0 Å². The van der Waals surface area contributed by atoms with Crippen LogP contribution in [-0.2, 0) is 9.53 Å². The number of nitro groups is 1. The van der Waals surface area contributed by atoms with Crippen molar-refractivity contribution in [1.82, 2.24) is 0 Å². The first-order valence-corrected chi connectivity index (χ1v) is 8.63. The smallest absolute Gasteiger partial charge is 0.348 e. The normalized spacial score (nSPS) is 10.6. The molecule has 27 heavy (non-hydrogen) atoms. The first kappa shape index (κ1) is 18.7. The van der Waals surface area contributed by atoms with Gasteiger partial charge in [-0.1, -0.05) is 11.6 Å². The Labute approximate surface area is 160 Å². The van der Waals surface area contributed by atoms with E-state index in [4.69, 9.17) is 16.3 Å². The number of nitrogens with one attached hydrogen (secondary N) is 1. The van der Waals surface area contributed by atoms with E-state index in [9.17, 15) is 24.1 Å². The van der Waals surface area contributed by atoms with Gasteiger partial charge < -0.3 is 10.1 Å². The Morgan fingerprint density at radius 1 is 1.22 bits per heavy atom. The Hall–Kier alpha value is -3.04. The fraction of sp³-hybridized carbons (Fsp3) is 0.0588. The second-order valence-electron chi connectivity index (χ2n) is 5.34. The SMILES string of the molecule is O=C(COC(=O)c1cc2cc(F)ccc2s1)Nc1ccc(Cl)c([N+](=O)[O-])c1. The number of fused-ring (bicyclic) bond motifs is 1. The third-order valence-electron chi connectivity index (χ3n) is 3.44. The van der Waals surface area contributed by atoms with Crippen LogP contribution in [0.25, 0.3) is 10.1 Å². The highest BCUT2D eigenvalue weighted by molar-refractivity contribution is 7.20. The zero-order valence-electron chi connectivity index (χ0n) is 13.4. The number of esters is 1. The van der Waals surface area contributed by atoms with Crippen molar-refractivity contribution in [2.24, 2.45) is 0 Å². The number of carbonyl (C=O) groups excluding carboxylic acids is 2. The van der Waals surface area contributed by atoms with Gasteiger partial charge in [0.15, 0.2) is 6.61 Å². The Morgan fingerprint density at radius 3 is 2.74 bits per heavy atom. The molecular weight excluding hydrogens is 399 g/mol. The van der Waals surface area contributed by atoms with Crippen LogP contribution in [0.15, 0.2) is 42.5 Å². The fourth-order valence-electron chi connectivity index (χ4n) is 2.24. The lowest BCUT2D eigenvalue weighted by atomic mass is 10.2. The van der Waals surface area contributed by atoms with Crippen molar-refractivity contribution in [2.75, 3.05) is 11.9 Å². The second-order valence-corrected chi connectivity index (χ2v) is 6.83. The van der Waals surface area contributed by atoms with Gasteiger partial charge in [0, 0.05) is 16.5 Å². The number of thiophene rings is 1. The van der Waals surface area contributed by atoms with Crippen LogP contribution >= 0.6 is 22.9 Å². The van der Waals surface area contributed by atoms with E-state index < -0.39 is 29.2 Å². The van der Waals surface area contributed by atoms with Crippen molar-refractivity contribution in [3.63, 3.8) is 0 Å². The van der Waals surface area contributed by atoms with Crippen LogP contribution < -0.4 is 5.32 Å². The summed E-state index contributed by atoms with van der Waals surface area (Å²) in [5, 5.41) is 13.7. The van der Waals surface area contributed by atoms with Crippen molar-refractivity contribution in [1.29, 1.82) is 0 Å². The number of anilines is 1. The van der Waals surface area contributed by atoms with Gasteiger partial charge >= 0.3 is 5.97 Å². The molecule has 3 rings (SSSR count). The molecule has 0 spiro atoms. The van der Waals surface area contributed by atoms with Gasteiger partial charge in [0.25, 0.3) is 11.6 Å². The van der Waals surface area contributed by atoms with Crippen molar-refractivity contribution in [2.45, 2.75) is 0 Å². The molecule has 0 saturated heterocycles. The maximum Gasteiger partial charge on any atom is 0.348 e. The molecule has 0 atom stereocenters. The maximum atomic E-state index is 13.2. The van der Waals surface area contributed by atoms with Crippen LogP contribution in [0.5, 0.6) is 0 Å². The zero-order chi connectivity index (χ0) is 19.6. The van der Waals surface area contributed by atoms with Crippen LogP contribution in [0.4, 0.5) is 15.8 Å². The Balaban J connectivity index is 1.62. The molecule has 0 saturated carbocycles. The van der Waals surface area contributed by atoms with Gasteiger partial charge in [-0.25, -0.2) is 9.18 Å². The third-order valence-corrected chi connectivity index (χ3v) is 4.86. The topological polar surface area (TPSA) is 98.5 Å². The number of nitro benzene ring substituents is 1. The second kappa shape index (κ2) is 7.68. The number of hydrogen-bond acceptors (Lipinski definition) is 6. The predicted molar refractivity (Wildman–Crippen MR) is 98.8 cm³/mol. The molecule has 1 aromatic heterocycles. The van der Waals surface area contributed by atoms with Gasteiger partial charge in [-0.05, 0) is 41.8 Å². The third kappa shape index (κ3) is 4.39. The van der Waals surface area contributed by atoms with Gasteiger partial charge in [0.1, 0.15) is 15.7 Å². The molecule has 0 aliphatic carbocycles. The first-order valence-electron chi connectivity index (χ1n) is 7.43. The molecule has 10 heteroatoms. The molecule has 0 aliphatic rings. The molecule has 1 N–H and O–H groups in total. The zero-order valence-corrected chi connectivity index (χ0v) is 15.0. The van der Waals surface area contributed by atoms with Gasteiger partial charge in [-0.2, -0.15) is 0 Å². The molecule has 3 aromatic rings. The average molecular weight is 409 g/mol. The summed E-state index contributed by atoms with van der Waals surface area (Å²) in [7, 11) is 0. The van der Waals surface area contributed by atoms with Crippen LogP contribution in [0, 0.1) is 15.9 Å². The molecule has 138 valence electrons. The quantitative estimate of drug-likeness (QED) is 0.383. The number of halogens is 2. The standard InChI is InChI=1S/C17H10ClFN2O5S/c18-12-3-2-11(7-13(12)21(24)25)20-16(22)8-26-17(23)15-6-9-5-10(19)1-4-14(9)27-15/h1-7H,8H2,(H,20,22). The van der Waals surface area contributed by atoms with E-state index >= 15 is 0 Å². The van der Waals surface area contributed by atoms with E-state index in [-0.39, 0.29) is 21.3 Å². The van der Waals surface area contributed by atoms with E-state index in [0.717, 1.165) is 17.4 Å². The van der Waals surface area contributed by atoms with Crippen molar-refractivity contribution in [3.8, 4) is 0 Å². The van der Waals surface area contributed by atoms with Crippen molar-refractivity contribution >= 4 is 56.3 Å². The van der Waals surface area contributed by atoms with Gasteiger partial charge in [0.05, 0.1) is 4.92 Å². The molecule has 0 aliphatic heterocycles. The summed E-state index contributed by atoms with van der Waals surface area (Å²) < 4.78 is 18.8. The van der Waals surface area contributed by atoms with Gasteiger partial charge in [-0.15, -0.1) is 11.3 Å². The predicted octanol–water partition coefficient (Wildman–Crippen LogP) is 4.40. The van der Waals surface area contributed by atoms with Crippen molar-refractivity contribution < 1.29 is 23.6 Å². The number of ether oxygens (including phenoxy) is 1. The number of rotatable bonds is 5. The van der Waals surface area contributed by atoms with E-state index in [1.54, 1.807) is 6.07 Å². The highest BCUT2D eigenvalue weighted by atomic mass is 35.5. The summed E-state index contributed by atoms with van der Waals surface area (Å²) in [4.78, 5) is 34.3. The van der Waals surface area contributed by atoms with Crippen LogP contribution in [0.2, 0.25) is 5.02 Å². The summed E-state index contributed by atoms with van der Waals surface area (Å²) in [6.45, 7) is -0.585. The maximum absolute atomic E-state index is 13.2. The van der Waals surface area contributed by atoms with Crippen LogP contribution in [0.1, 0.15) is 9.67 Å². The van der Waals surface area contributed by atoms with Gasteiger partial charge in [0.2, 0.25) is 0 Å². The largest absolute Gasteiger partial charge is 0.451 e. The Bertz CT molecular complexity index is 1070. The number of carbonyl (C=O) groups is 2.